The number of Topliss-reactive ketones (excluding diaryl/α,β-unsaturated/α-hetero) is 1. The fraction of sp³-hybridized carbons (Fsp3) is 0.294. The molecule has 0 saturated carbocycles. The van der Waals surface area contributed by atoms with E-state index in [4.69, 9.17) is 0 Å². The van der Waals surface area contributed by atoms with Gasteiger partial charge < -0.3 is 0 Å². The molecule has 20 heavy (non-hydrogen) atoms. The van der Waals surface area contributed by atoms with Gasteiger partial charge in [-0.25, -0.2) is 0 Å². The van der Waals surface area contributed by atoms with Crippen LogP contribution in [0.5, 0.6) is 0 Å². The molecule has 0 unspecified atom stereocenters. The Morgan fingerprint density at radius 2 is 1.70 bits per heavy atom. The number of benzene rings is 1. The number of hydrogen-bond donors (Lipinski definition) is 0. The van der Waals surface area contributed by atoms with Gasteiger partial charge >= 0.3 is 0 Å². The first-order valence-corrected chi connectivity index (χ1v) is 6.93. The van der Waals surface area contributed by atoms with Crippen LogP contribution in [0, 0.1) is 13.8 Å². The summed E-state index contributed by atoms with van der Waals surface area (Å²) in [5.74, 6) is 0.148. The van der Waals surface area contributed by atoms with Crippen LogP contribution in [0.4, 0.5) is 0 Å². The van der Waals surface area contributed by atoms with Gasteiger partial charge in [0.25, 0.3) is 5.56 Å². The van der Waals surface area contributed by atoms with Crippen molar-refractivity contribution in [3.05, 3.63) is 63.1 Å². The van der Waals surface area contributed by atoms with Crippen LogP contribution in [0.15, 0.2) is 35.1 Å². The van der Waals surface area contributed by atoms with Gasteiger partial charge in [-0.2, -0.15) is 0 Å². The summed E-state index contributed by atoms with van der Waals surface area (Å²) in [6.45, 7) is 3.79. The van der Waals surface area contributed by atoms with E-state index in [9.17, 15) is 9.59 Å². The van der Waals surface area contributed by atoms with E-state index in [0.29, 0.717) is 17.5 Å². The van der Waals surface area contributed by atoms with Gasteiger partial charge in [-0.05, 0) is 44.9 Å². The van der Waals surface area contributed by atoms with E-state index in [0.717, 1.165) is 29.8 Å². The van der Waals surface area contributed by atoms with E-state index in [1.807, 2.05) is 31.2 Å². The Hall–Kier alpha value is -2.16. The van der Waals surface area contributed by atoms with Crippen molar-refractivity contribution in [2.45, 2.75) is 33.1 Å². The van der Waals surface area contributed by atoms with E-state index < -0.39 is 0 Å². The lowest BCUT2D eigenvalue weighted by atomic mass is 9.93. The minimum Gasteiger partial charge on any atom is -0.294 e. The van der Waals surface area contributed by atoms with E-state index in [2.05, 4.69) is 0 Å². The zero-order valence-corrected chi connectivity index (χ0v) is 11.8. The summed E-state index contributed by atoms with van der Waals surface area (Å²) in [5, 5.41) is 0. The van der Waals surface area contributed by atoms with Gasteiger partial charge in [-0.3, -0.25) is 14.2 Å². The summed E-state index contributed by atoms with van der Waals surface area (Å²) in [7, 11) is 0. The van der Waals surface area contributed by atoms with Crippen LogP contribution >= 0.6 is 0 Å². The van der Waals surface area contributed by atoms with Gasteiger partial charge in [0.05, 0.1) is 0 Å². The highest BCUT2D eigenvalue weighted by Crippen LogP contribution is 2.23. The van der Waals surface area contributed by atoms with Gasteiger partial charge in [-0.1, -0.05) is 17.7 Å². The number of hydrogen-bond acceptors (Lipinski definition) is 2. The van der Waals surface area contributed by atoms with Gasteiger partial charge in [-0.15, -0.1) is 0 Å². The number of ketones is 1. The predicted octanol–water partition coefficient (Wildman–Crippen LogP) is 2.97. The average molecular weight is 267 g/mol. The molecule has 0 atom stereocenters. The Morgan fingerprint density at radius 3 is 2.40 bits per heavy atom. The van der Waals surface area contributed by atoms with E-state index in [1.165, 1.54) is 0 Å². The normalized spacial score (nSPS) is 14.2. The molecular weight excluding hydrogens is 250 g/mol. The van der Waals surface area contributed by atoms with Crippen LogP contribution in [-0.2, 0) is 6.42 Å². The minimum atomic E-state index is -0.0256. The van der Waals surface area contributed by atoms with E-state index in [1.54, 1.807) is 17.6 Å². The minimum absolute atomic E-state index is 0.0256. The molecule has 1 heterocycles. The van der Waals surface area contributed by atoms with Crippen molar-refractivity contribution in [3.63, 3.8) is 0 Å². The molecule has 0 spiro atoms. The molecule has 1 aromatic carbocycles. The van der Waals surface area contributed by atoms with Crippen LogP contribution < -0.4 is 5.56 Å². The zero-order valence-electron chi connectivity index (χ0n) is 11.8. The Morgan fingerprint density at radius 1 is 1.00 bits per heavy atom. The van der Waals surface area contributed by atoms with Crippen molar-refractivity contribution < 1.29 is 4.79 Å². The summed E-state index contributed by atoms with van der Waals surface area (Å²) in [6.07, 6.45) is 2.18. The number of pyridine rings is 1. The summed E-state index contributed by atoms with van der Waals surface area (Å²) in [4.78, 5) is 24.6. The monoisotopic (exact) mass is 267 g/mol. The van der Waals surface area contributed by atoms with Crippen LogP contribution in [0.2, 0.25) is 0 Å². The second-order valence-corrected chi connectivity index (χ2v) is 5.44. The van der Waals surface area contributed by atoms with Crippen molar-refractivity contribution in [1.82, 2.24) is 4.57 Å². The Labute approximate surface area is 117 Å². The molecule has 3 heteroatoms. The molecule has 1 aliphatic carbocycles. The van der Waals surface area contributed by atoms with Gasteiger partial charge in [0, 0.05) is 28.9 Å². The predicted molar refractivity (Wildman–Crippen MR) is 78.8 cm³/mol. The van der Waals surface area contributed by atoms with Gasteiger partial charge in [0.2, 0.25) is 0 Å². The molecule has 0 radical (unpaired) electrons. The first kappa shape index (κ1) is 12.9. The maximum atomic E-state index is 12.5. The van der Waals surface area contributed by atoms with Gasteiger partial charge in [0.1, 0.15) is 0 Å². The van der Waals surface area contributed by atoms with Crippen molar-refractivity contribution >= 4 is 5.78 Å². The lowest BCUT2D eigenvalue weighted by Gasteiger charge is -2.21. The molecule has 3 nitrogen and oxygen atoms in total. The van der Waals surface area contributed by atoms with Crippen molar-refractivity contribution in [1.29, 1.82) is 0 Å². The van der Waals surface area contributed by atoms with Crippen LogP contribution in [0.25, 0.3) is 5.69 Å². The molecule has 2 aromatic rings. The maximum Gasteiger partial charge on any atom is 0.258 e. The zero-order chi connectivity index (χ0) is 14.3. The molecule has 3 rings (SSSR count). The standard InChI is InChI=1S/C17H17NO2/c1-11-6-8-13(9-7-11)18-15-4-3-5-16(19)14(15)10-12(2)17(18)20/h6-10H,3-5H2,1-2H3. The van der Waals surface area contributed by atoms with Crippen molar-refractivity contribution in [3.8, 4) is 5.69 Å². The molecule has 0 aliphatic heterocycles. The maximum absolute atomic E-state index is 12.5. The van der Waals surface area contributed by atoms with E-state index in [-0.39, 0.29) is 11.3 Å². The van der Waals surface area contributed by atoms with Crippen LogP contribution in [-0.4, -0.2) is 10.4 Å². The summed E-state index contributed by atoms with van der Waals surface area (Å²) in [6, 6.07) is 9.61. The molecule has 0 bridgehead atoms. The topological polar surface area (TPSA) is 39.1 Å². The fourth-order valence-corrected chi connectivity index (χ4v) is 2.79. The number of aryl methyl sites for hydroxylation is 2. The molecule has 1 aromatic heterocycles. The molecule has 1 aliphatic rings. The van der Waals surface area contributed by atoms with Crippen LogP contribution in [0.1, 0.15) is 40.0 Å². The molecular formula is C17H17NO2. The number of fused-ring (bicyclic) bond motifs is 1. The molecule has 0 N–H and O–H groups in total. The fourth-order valence-electron chi connectivity index (χ4n) is 2.79. The largest absolute Gasteiger partial charge is 0.294 e. The lowest BCUT2D eigenvalue weighted by Crippen LogP contribution is -2.29. The average Bonchev–Trinajstić information content (AvgIpc) is 2.43. The molecule has 0 saturated heterocycles. The third-order valence-electron chi connectivity index (χ3n) is 3.89. The third-order valence-corrected chi connectivity index (χ3v) is 3.89. The SMILES string of the molecule is Cc1ccc(-n2c3c(cc(C)c2=O)C(=O)CCC3)cc1. The molecule has 102 valence electrons. The first-order chi connectivity index (χ1) is 9.58. The first-order valence-electron chi connectivity index (χ1n) is 6.93. The quantitative estimate of drug-likeness (QED) is 0.796. The summed E-state index contributed by atoms with van der Waals surface area (Å²) < 4.78 is 1.71. The lowest BCUT2D eigenvalue weighted by molar-refractivity contribution is 0.0971. The molecule has 0 fully saturated rings. The van der Waals surface area contributed by atoms with Crippen LogP contribution in [0.3, 0.4) is 0 Å². The Bertz CT molecular complexity index is 739. The summed E-state index contributed by atoms with van der Waals surface area (Å²) in [5.41, 5.74) is 4.17. The number of carbonyl (C=O) groups is 1. The second-order valence-electron chi connectivity index (χ2n) is 5.44. The Kier molecular flexibility index (Phi) is 3.05. The molecule has 0 amide bonds. The number of rotatable bonds is 1. The van der Waals surface area contributed by atoms with Crippen molar-refractivity contribution in [2.75, 3.05) is 0 Å². The van der Waals surface area contributed by atoms with Crippen molar-refractivity contribution in [2.24, 2.45) is 0 Å². The highest BCUT2D eigenvalue weighted by Gasteiger charge is 2.22. The highest BCUT2D eigenvalue weighted by molar-refractivity contribution is 5.98. The smallest absolute Gasteiger partial charge is 0.258 e. The number of nitrogens with zero attached hydrogens (tertiary/aromatic N) is 1. The summed E-state index contributed by atoms with van der Waals surface area (Å²) >= 11 is 0. The second kappa shape index (κ2) is 4.75. The Balaban J connectivity index is 2.31. The number of carbonyl (C=O) groups excluding carboxylic acids is 1. The third kappa shape index (κ3) is 1.99. The number of aromatic nitrogens is 1. The highest BCUT2D eigenvalue weighted by atomic mass is 16.1. The van der Waals surface area contributed by atoms with Gasteiger partial charge in [0.15, 0.2) is 5.78 Å². The van der Waals surface area contributed by atoms with E-state index >= 15 is 0 Å².